The van der Waals surface area contributed by atoms with Crippen molar-refractivity contribution in [1.29, 1.82) is 0 Å². The van der Waals surface area contributed by atoms with Crippen LogP contribution >= 0.6 is 43.2 Å². The zero-order valence-electron chi connectivity index (χ0n) is 5.60. The molecule has 1 aromatic rings. The fraction of sp³-hybridized carbons (Fsp3) is 0.429. The number of hydrogen-bond donors (Lipinski definition) is 1. The summed E-state index contributed by atoms with van der Waals surface area (Å²) in [4.78, 5) is 0. The van der Waals surface area contributed by atoms with E-state index in [1.807, 2.05) is 6.07 Å². The number of rotatable bonds is 1. The van der Waals surface area contributed by atoms with E-state index in [2.05, 4.69) is 31.9 Å². The van der Waals surface area contributed by atoms with Gasteiger partial charge in [0.25, 0.3) is 0 Å². The van der Waals surface area contributed by atoms with Crippen molar-refractivity contribution in [3.63, 3.8) is 0 Å². The van der Waals surface area contributed by atoms with Crippen LogP contribution in [0.15, 0.2) is 13.6 Å². The highest BCUT2D eigenvalue weighted by Crippen LogP contribution is 2.50. The molecule has 1 fully saturated rings. The van der Waals surface area contributed by atoms with Gasteiger partial charge in [-0.1, -0.05) is 0 Å². The highest BCUT2D eigenvalue weighted by molar-refractivity contribution is 9.12. The topological polar surface area (TPSA) is 20.2 Å². The van der Waals surface area contributed by atoms with E-state index >= 15 is 0 Å². The molecule has 0 amide bonds. The van der Waals surface area contributed by atoms with Crippen molar-refractivity contribution < 1.29 is 5.11 Å². The molecule has 1 N–H and O–H groups in total. The lowest BCUT2D eigenvalue weighted by Gasteiger charge is -2.03. The van der Waals surface area contributed by atoms with Crippen molar-refractivity contribution in [3.8, 4) is 0 Å². The molecule has 0 unspecified atom stereocenters. The van der Waals surface area contributed by atoms with Crippen molar-refractivity contribution in [3.05, 3.63) is 19.2 Å². The van der Waals surface area contributed by atoms with E-state index < -0.39 is 5.60 Å². The van der Waals surface area contributed by atoms with Gasteiger partial charge in [-0.25, -0.2) is 0 Å². The fourth-order valence-electron chi connectivity index (χ4n) is 1.05. The maximum absolute atomic E-state index is 9.75. The molecule has 1 heterocycles. The van der Waals surface area contributed by atoms with Crippen molar-refractivity contribution in [2.24, 2.45) is 0 Å². The normalized spacial score (nSPS) is 20.3. The third kappa shape index (κ3) is 1.41. The van der Waals surface area contributed by atoms with Crippen LogP contribution in [0, 0.1) is 0 Å². The van der Waals surface area contributed by atoms with E-state index in [4.69, 9.17) is 0 Å². The Hall–Kier alpha value is 0.620. The Bertz CT molecular complexity index is 291. The highest BCUT2D eigenvalue weighted by Gasteiger charge is 2.44. The van der Waals surface area contributed by atoms with Crippen LogP contribution in [0.1, 0.15) is 18.4 Å². The van der Waals surface area contributed by atoms with Crippen molar-refractivity contribution >= 4 is 43.2 Å². The molecule has 1 aliphatic carbocycles. The maximum Gasteiger partial charge on any atom is 0.0918 e. The quantitative estimate of drug-likeness (QED) is 0.844. The summed E-state index contributed by atoms with van der Waals surface area (Å²) >= 11 is 8.41. The zero-order chi connectivity index (χ0) is 8.06. The van der Waals surface area contributed by atoms with E-state index in [1.54, 1.807) is 11.3 Å². The lowest BCUT2D eigenvalue weighted by molar-refractivity contribution is 0.151. The minimum absolute atomic E-state index is 0.513. The van der Waals surface area contributed by atoms with Crippen molar-refractivity contribution in [2.45, 2.75) is 18.4 Å². The summed E-state index contributed by atoms with van der Waals surface area (Å²) < 4.78 is 2.11. The molecule has 4 heteroatoms. The molecule has 11 heavy (non-hydrogen) atoms. The molecule has 0 aliphatic heterocycles. The summed E-state index contributed by atoms with van der Waals surface area (Å²) in [5.74, 6) is 0. The van der Waals surface area contributed by atoms with Crippen LogP contribution in [0.5, 0.6) is 0 Å². The summed E-state index contributed by atoms with van der Waals surface area (Å²) in [5.41, 5.74) is 0.524. The number of thiophene rings is 1. The van der Waals surface area contributed by atoms with Gasteiger partial charge in [0.2, 0.25) is 0 Å². The molecule has 0 atom stereocenters. The predicted octanol–water partition coefficient (Wildman–Crippen LogP) is 3.25. The first kappa shape index (κ1) is 8.23. The molecule has 1 aromatic heterocycles. The summed E-state index contributed by atoms with van der Waals surface area (Å²) in [6, 6.07) is 1.99. The summed E-state index contributed by atoms with van der Waals surface area (Å²) in [6.45, 7) is 0. The first-order valence-electron chi connectivity index (χ1n) is 3.29. The fourth-order valence-corrected chi connectivity index (χ4v) is 4.12. The largest absolute Gasteiger partial charge is 0.385 e. The predicted molar refractivity (Wildman–Crippen MR) is 52.8 cm³/mol. The van der Waals surface area contributed by atoms with E-state index in [1.165, 1.54) is 0 Å². The second-order valence-electron chi connectivity index (χ2n) is 2.77. The smallest absolute Gasteiger partial charge is 0.0918 e. The highest BCUT2D eigenvalue weighted by atomic mass is 79.9. The van der Waals surface area contributed by atoms with Crippen LogP contribution in [0.3, 0.4) is 0 Å². The van der Waals surface area contributed by atoms with Crippen LogP contribution in [0.25, 0.3) is 0 Å². The third-order valence-corrected chi connectivity index (χ3v) is 4.22. The Morgan fingerprint density at radius 3 is 2.45 bits per heavy atom. The minimum atomic E-state index is -0.513. The molecule has 2 rings (SSSR count). The lowest BCUT2D eigenvalue weighted by Crippen LogP contribution is -2.02. The van der Waals surface area contributed by atoms with E-state index in [0.29, 0.717) is 0 Å². The Morgan fingerprint density at radius 2 is 2.09 bits per heavy atom. The van der Waals surface area contributed by atoms with Gasteiger partial charge < -0.3 is 5.11 Å². The molecule has 1 aliphatic rings. The number of halogens is 2. The Kier molecular flexibility index (Phi) is 1.91. The Morgan fingerprint density at radius 1 is 1.45 bits per heavy atom. The molecular formula is C7H6Br2OS. The van der Waals surface area contributed by atoms with Gasteiger partial charge in [0.05, 0.1) is 13.2 Å². The van der Waals surface area contributed by atoms with Crippen LogP contribution in [-0.4, -0.2) is 5.11 Å². The van der Waals surface area contributed by atoms with Crippen LogP contribution in [-0.2, 0) is 5.60 Å². The second kappa shape index (κ2) is 2.55. The maximum atomic E-state index is 9.75. The van der Waals surface area contributed by atoms with Crippen molar-refractivity contribution in [2.75, 3.05) is 0 Å². The number of aliphatic hydroxyl groups is 1. The standard InChI is InChI=1S/C7H6Br2OS/c8-5-3-4(6(9)11-5)7(10)1-2-7/h3,10H,1-2H2. The van der Waals surface area contributed by atoms with Gasteiger partial charge >= 0.3 is 0 Å². The molecule has 0 aromatic carbocycles. The molecule has 0 bridgehead atoms. The van der Waals surface area contributed by atoms with Gasteiger partial charge in [-0.15, -0.1) is 11.3 Å². The SMILES string of the molecule is OC1(c2cc(Br)sc2Br)CC1. The molecule has 0 saturated heterocycles. The molecule has 0 radical (unpaired) electrons. The third-order valence-electron chi connectivity index (χ3n) is 1.88. The zero-order valence-corrected chi connectivity index (χ0v) is 9.59. The van der Waals surface area contributed by atoms with Crippen LogP contribution < -0.4 is 0 Å². The van der Waals surface area contributed by atoms with E-state index in [-0.39, 0.29) is 0 Å². The first-order chi connectivity index (χ1) is 5.12. The van der Waals surface area contributed by atoms with Crippen molar-refractivity contribution in [1.82, 2.24) is 0 Å². The molecule has 0 spiro atoms. The van der Waals surface area contributed by atoms with Gasteiger partial charge in [-0.3, -0.25) is 0 Å². The minimum Gasteiger partial charge on any atom is -0.385 e. The van der Waals surface area contributed by atoms with Gasteiger partial charge in [0.15, 0.2) is 0 Å². The van der Waals surface area contributed by atoms with Crippen LogP contribution in [0.4, 0.5) is 0 Å². The van der Waals surface area contributed by atoms with Gasteiger partial charge in [-0.2, -0.15) is 0 Å². The summed E-state index contributed by atoms with van der Waals surface area (Å²) in [6.07, 6.45) is 1.80. The Balaban J connectivity index is 2.44. The summed E-state index contributed by atoms with van der Waals surface area (Å²) in [5, 5.41) is 9.75. The second-order valence-corrected chi connectivity index (χ2v) is 6.52. The monoisotopic (exact) mass is 296 g/mol. The van der Waals surface area contributed by atoms with Crippen LogP contribution in [0.2, 0.25) is 0 Å². The van der Waals surface area contributed by atoms with Gasteiger partial charge in [0.1, 0.15) is 0 Å². The number of hydrogen-bond acceptors (Lipinski definition) is 2. The van der Waals surface area contributed by atoms with E-state index in [0.717, 1.165) is 26.0 Å². The first-order valence-corrected chi connectivity index (χ1v) is 5.70. The average Bonchev–Trinajstić information content (AvgIpc) is 2.55. The van der Waals surface area contributed by atoms with Gasteiger partial charge in [0, 0.05) is 5.56 Å². The lowest BCUT2D eigenvalue weighted by atomic mass is 10.2. The molecule has 1 nitrogen and oxygen atoms in total. The molecule has 60 valence electrons. The van der Waals surface area contributed by atoms with E-state index in [9.17, 15) is 5.11 Å². The average molecular weight is 298 g/mol. The Labute approximate surface area is 85.7 Å². The summed E-state index contributed by atoms with van der Waals surface area (Å²) in [7, 11) is 0. The molecule has 1 saturated carbocycles. The van der Waals surface area contributed by atoms with Gasteiger partial charge in [-0.05, 0) is 50.8 Å². The molecular weight excluding hydrogens is 292 g/mol.